The molecule has 0 aliphatic heterocycles. The normalized spacial score (nSPS) is 12.2. The lowest BCUT2D eigenvalue weighted by Crippen LogP contribution is -2.31. The van der Waals surface area contributed by atoms with Crippen LogP contribution in [0.5, 0.6) is 5.75 Å². The summed E-state index contributed by atoms with van der Waals surface area (Å²) in [6.45, 7) is 4.50. The summed E-state index contributed by atoms with van der Waals surface area (Å²) in [6, 6.07) is 12.7. The molecule has 136 valence electrons. The van der Waals surface area contributed by atoms with E-state index in [0.29, 0.717) is 21.7 Å². The fourth-order valence-corrected chi connectivity index (χ4v) is 3.10. The van der Waals surface area contributed by atoms with Gasteiger partial charge in [-0.3, -0.25) is 10.1 Å². The van der Waals surface area contributed by atoms with E-state index >= 15 is 0 Å². The van der Waals surface area contributed by atoms with Crippen LogP contribution in [0.15, 0.2) is 42.5 Å². The van der Waals surface area contributed by atoms with Gasteiger partial charge in [-0.15, -0.1) is 0 Å². The Kier molecular flexibility index (Phi) is 5.69. The molecule has 2 aromatic carbocycles. The number of hydrogen-bond acceptors (Lipinski definition) is 3. The second-order valence-corrected chi connectivity index (χ2v) is 6.74. The summed E-state index contributed by atoms with van der Waals surface area (Å²) in [6.07, 6.45) is 0.180. The Morgan fingerprint density at radius 3 is 2.77 bits per heavy atom. The van der Waals surface area contributed by atoms with Crippen LogP contribution in [0.25, 0.3) is 11.0 Å². The third kappa shape index (κ3) is 3.94. The number of hydrogen-bond donors (Lipinski definition) is 1. The Balaban J connectivity index is 1.78. The van der Waals surface area contributed by atoms with Crippen LogP contribution in [-0.2, 0) is 11.3 Å². The number of carbonyl (C=O) groups excluding carboxylic acids is 1. The molecule has 26 heavy (non-hydrogen) atoms. The van der Waals surface area contributed by atoms with E-state index < -0.39 is 6.10 Å². The van der Waals surface area contributed by atoms with E-state index in [1.165, 1.54) is 0 Å². The maximum atomic E-state index is 12.6. The van der Waals surface area contributed by atoms with Crippen LogP contribution in [-0.4, -0.2) is 21.6 Å². The Morgan fingerprint density at radius 2 is 2.04 bits per heavy atom. The van der Waals surface area contributed by atoms with Gasteiger partial charge in [0.1, 0.15) is 5.75 Å². The lowest BCUT2D eigenvalue weighted by molar-refractivity contribution is -0.122. The van der Waals surface area contributed by atoms with Crippen LogP contribution >= 0.6 is 23.2 Å². The molecule has 0 bridgehead atoms. The van der Waals surface area contributed by atoms with E-state index in [9.17, 15) is 4.79 Å². The number of rotatable bonds is 6. The zero-order valence-electron chi connectivity index (χ0n) is 14.5. The summed E-state index contributed by atoms with van der Waals surface area (Å²) in [5, 5.41) is 3.72. The van der Waals surface area contributed by atoms with E-state index in [-0.39, 0.29) is 5.91 Å². The molecule has 1 N–H and O–H groups in total. The van der Waals surface area contributed by atoms with Gasteiger partial charge >= 0.3 is 0 Å². The van der Waals surface area contributed by atoms with Crippen molar-refractivity contribution in [2.75, 3.05) is 5.32 Å². The Morgan fingerprint density at radius 1 is 1.27 bits per heavy atom. The number of aryl methyl sites for hydroxylation is 1. The van der Waals surface area contributed by atoms with Crippen LogP contribution in [0, 0.1) is 0 Å². The van der Waals surface area contributed by atoms with Crippen LogP contribution in [0.1, 0.15) is 20.3 Å². The third-order valence-corrected chi connectivity index (χ3v) is 4.43. The van der Waals surface area contributed by atoms with Crippen molar-refractivity contribution in [2.24, 2.45) is 0 Å². The first-order chi connectivity index (χ1) is 12.5. The quantitative estimate of drug-likeness (QED) is 0.631. The smallest absolute Gasteiger partial charge is 0.267 e. The molecule has 1 aromatic heterocycles. The van der Waals surface area contributed by atoms with E-state index in [4.69, 9.17) is 27.9 Å². The Labute approximate surface area is 161 Å². The summed E-state index contributed by atoms with van der Waals surface area (Å²) in [5.41, 5.74) is 1.82. The highest BCUT2D eigenvalue weighted by Crippen LogP contribution is 2.28. The van der Waals surface area contributed by atoms with Crippen LogP contribution < -0.4 is 10.1 Å². The molecule has 1 amide bonds. The zero-order valence-corrected chi connectivity index (χ0v) is 16.0. The minimum absolute atomic E-state index is 0.302. The van der Waals surface area contributed by atoms with Gasteiger partial charge in [-0.2, -0.15) is 0 Å². The number of fused-ring (bicyclic) bond motifs is 1. The number of imidazole rings is 1. The average molecular weight is 392 g/mol. The highest BCUT2D eigenvalue weighted by molar-refractivity contribution is 6.35. The summed E-state index contributed by atoms with van der Waals surface area (Å²) < 4.78 is 7.66. The predicted molar refractivity (Wildman–Crippen MR) is 105 cm³/mol. The minimum Gasteiger partial charge on any atom is -0.479 e. The number of anilines is 1. The SMILES string of the molecule is CCCn1c(NC(=O)[C@H](C)Oc2ccc(Cl)cc2Cl)nc2ccccc21. The Bertz CT molecular complexity index is 940. The van der Waals surface area contributed by atoms with Crippen molar-refractivity contribution in [2.45, 2.75) is 32.9 Å². The largest absolute Gasteiger partial charge is 0.479 e. The number of nitrogens with one attached hydrogen (secondary N) is 1. The number of nitrogens with zero attached hydrogens (tertiary/aromatic N) is 2. The van der Waals surface area contributed by atoms with Gasteiger partial charge in [0.25, 0.3) is 5.91 Å². The van der Waals surface area contributed by atoms with Crippen molar-refractivity contribution in [1.29, 1.82) is 0 Å². The molecule has 3 aromatic rings. The van der Waals surface area contributed by atoms with Gasteiger partial charge in [0, 0.05) is 11.6 Å². The lowest BCUT2D eigenvalue weighted by Gasteiger charge is -2.16. The van der Waals surface area contributed by atoms with E-state index in [2.05, 4.69) is 17.2 Å². The molecule has 0 saturated heterocycles. The second-order valence-electron chi connectivity index (χ2n) is 5.90. The number of halogens is 2. The van der Waals surface area contributed by atoms with E-state index in [1.807, 2.05) is 28.8 Å². The predicted octanol–water partition coefficient (Wildman–Crippen LogP) is 5.16. The molecule has 0 saturated carbocycles. The van der Waals surface area contributed by atoms with Gasteiger partial charge in [0.15, 0.2) is 6.10 Å². The first kappa shape index (κ1) is 18.5. The van der Waals surface area contributed by atoms with Crippen molar-refractivity contribution in [1.82, 2.24) is 9.55 Å². The zero-order chi connectivity index (χ0) is 18.7. The summed E-state index contributed by atoms with van der Waals surface area (Å²) in [4.78, 5) is 17.1. The fourth-order valence-electron chi connectivity index (χ4n) is 2.65. The van der Waals surface area contributed by atoms with Gasteiger partial charge in [-0.1, -0.05) is 42.3 Å². The maximum Gasteiger partial charge on any atom is 0.267 e. The Hall–Kier alpha value is -2.24. The number of ether oxygens (including phenoxy) is 1. The van der Waals surface area contributed by atoms with E-state index in [1.54, 1.807) is 25.1 Å². The van der Waals surface area contributed by atoms with Gasteiger partial charge in [0.2, 0.25) is 5.95 Å². The van der Waals surface area contributed by atoms with Gasteiger partial charge in [0.05, 0.1) is 16.1 Å². The maximum absolute atomic E-state index is 12.6. The number of benzene rings is 2. The van der Waals surface area contributed by atoms with Crippen molar-refractivity contribution in [3.63, 3.8) is 0 Å². The van der Waals surface area contributed by atoms with Gasteiger partial charge < -0.3 is 9.30 Å². The first-order valence-corrected chi connectivity index (χ1v) is 9.13. The first-order valence-electron chi connectivity index (χ1n) is 8.37. The topological polar surface area (TPSA) is 56.2 Å². The van der Waals surface area contributed by atoms with Crippen molar-refractivity contribution in [3.8, 4) is 5.75 Å². The summed E-state index contributed by atoms with van der Waals surface area (Å²) in [7, 11) is 0. The molecule has 0 unspecified atom stereocenters. The van der Waals surface area contributed by atoms with Crippen LogP contribution in [0.2, 0.25) is 10.0 Å². The fraction of sp³-hybridized carbons (Fsp3) is 0.263. The highest BCUT2D eigenvalue weighted by Gasteiger charge is 2.19. The molecule has 0 spiro atoms. The summed E-state index contributed by atoms with van der Waals surface area (Å²) in [5.74, 6) is 0.611. The molecule has 0 radical (unpaired) electrons. The number of carbonyl (C=O) groups is 1. The minimum atomic E-state index is -0.747. The number of para-hydroxylation sites is 2. The van der Waals surface area contributed by atoms with Crippen molar-refractivity contribution >= 4 is 46.1 Å². The van der Waals surface area contributed by atoms with Gasteiger partial charge in [-0.05, 0) is 43.7 Å². The monoisotopic (exact) mass is 391 g/mol. The van der Waals surface area contributed by atoms with Crippen LogP contribution in [0.4, 0.5) is 5.95 Å². The second kappa shape index (κ2) is 7.98. The molecular weight excluding hydrogens is 373 g/mol. The molecule has 7 heteroatoms. The number of aromatic nitrogens is 2. The van der Waals surface area contributed by atoms with E-state index in [0.717, 1.165) is 24.0 Å². The average Bonchev–Trinajstić information content (AvgIpc) is 2.95. The lowest BCUT2D eigenvalue weighted by atomic mass is 10.3. The summed E-state index contributed by atoms with van der Waals surface area (Å²) >= 11 is 12.0. The molecule has 0 aliphatic carbocycles. The third-order valence-electron chi connectivity index (χ3n) is 3.90. The number of amides is 1. The molecule has 5 nitrogen and oxygen atoms in total. The van der Waals surface area contributed by atoms with Crippen LogP contribution in [0.3, 0.4) is 0 Å². The molecule has 1 atom stereocenters. The van der Waals surface area contributed by atoms with Gasteiger partial charge in [-0.25, -0.2) is 4.98 Å². The van der Waals surface area contributed by atoms with Crippen molar-refractivity contribution in [3.05, 3.63) is 52.5 Å². The highest BCUT2D eigenvalue weighted by atomic mass is 35.5. The molecule has 0 aliphatic rings. The molecule has 1 heterocycles. The van der Waals surface area contributed by atoms with Crippen molar-refractivity contribution < 1.29 is 9.53 Å². The standard InChI is InChI=1S/C19H19Cl2N3O2/c1-3-10-24-16-7-5-4-6-15(16)22-19(24)23-18(25)12(2)26-17-9-8-13(20)11-14(17)21/h4-9,11-12H,3,10H2,1-2H3,(H,22,23,25)/t12-/m0/s1. The molecule has 0 fully saturated rings. The molecule has 3 rings (SSSR count). The molecular formula is C19H19Cl2N3O2.